The van der Waals surface area contributed by atoms with Gasteiger partial charge in [-0.15, -0.1) is 0 Å². The highest BCUT2D eigenvalue weighted by Gasteiger charge is 2.44. The van der Waals surface area contributed by atoms with Gasteiger partial charge in [0.2, 0.25) is 10.0 Å². The Balaban J connectivity index is 2.40. The van der Waals surface area contributed by atoms with E-state index in [-0.39, 0.29) is 0 Å². The van der Waals surface area contributed by atoms with Crippen LogP contribution in [-0.2, 0) is 19.6 Å². The fraction of sp³-hybridized carbons (Fsp3) is 0.533. The molecule has 0 aromatic heterocycles. The molecule has 10 heteroatoms. The van der Waals surface area contributed by atoms with Crippen LogP contribution >= 0.6 is 0 Å². The summed E-state index contributed by atoms with van der Waals surface area (Å²) in [6.45, 7) is 1.58. The molecule has 25 heavy (non-hydrogen) atoms. The molecule has 1 aliphatic rings. The predicted octanol–water partition coefficient (Wildman–Crippen LogP) is 2.13. The zero-order valence-corrected chi connectivity index (χ0v) is 14.6. The van der Waals surface area contributed by atoms with Crippen LogP contribution in [0.15, 0.2) is 23.1 Å². The molecule has 0 bridgehead atoms. The Kier molecular flexibility index (Phi) is 5.43. The van der Waals surface area contributed by atoms with Crippen LogP contribution in [0.3, 0.4) is 0 Å². The first-order valence-corrected chi connectivity index (χ1v) is 9.14. The second kappa shape index (κ2) is 7.04. The molecule has 1 N–H and O–H groups in total. The second-order valence-corrected chi connectivity index (χ2v) is 7.93. The van der Waals surface area contributed by atoms with Gasteiger partial charge in [-0.1, -0.05) is 12.8 Å². The molecule has 0 unspecified atom stereocenters. The summed E-state index contributed by atoms with van der Waals surface area (Å²) in [4.78, 5) is 21.4. The van der Waals surface area contributed by atoms with Crippen molar-refractivity contribution in [2.75, 3.05) is 7.11 Å². The molecule has 1 fully saturated rings. The highest BCUT2D eigenvalue weighted by molar-refractivity contribution is 7.89. The number of nitrogens with zero attached hydrogens (tertiary/aromatic N) is 1. The van der Waals surface area contributed by atoms with E-state index >= 15 is 0 Å². The molecule has 0 aliphatic heterocycles. The first-order chi connectivity index (χ1) is 11.6. The van der Waals surface area contributed by atoms with Crippen LogP contribution in [0.2, 0.25) is 0 Å². The van der Waals surface area contributed by atoms with Gasteiger partial charge in [-0.2, -0.15) is 0 Å². The van der Waals surface area contributed by atoms with E-state index in [0.29, 0.717) is 31.4 Å². The summed E-state index contributed by atoms with van der Waals surface area (Å²) < 4.78 is 46.0. The highest BCUT2D eigenvalue weighted by atomic mass is 32.2. The van der Waals surface area contributed by atoms with Gasteiger partial charge in [0.05, 0.1) is 28.9 Å². The molecule has 0 amide bonds. The van der Waals surface area contributed by atoms with Crippen LogP contribution in [0.1, 0.15) is 32.6 Å². The summed E-state index contributed by atoms with van der Waals surface area (Å²) in [5.41, 5.74) is -1.79. The maximum absolute atomic E-state index is 13.6. The third-order valence-electron chi connectivity index (χ3n) is 4.44. The standard InChI is InChI=1S/C15H19FN2O6S/c1-15(6-4-3-5-13(15)14(19)24-2)17-25(22,23)12-8-10(16)7-11(9-12)18(20)21/h7-9,13,17H,3-6H2,1-2H3/t13-,15+/m0/s1. The van der Waals surface area contributed by atoms with Gasteiger partial charge in [0, 0.05) is 11.6 Å². The van der Waals surface area contributed by atoms with Crippen molar-refractivity contribution in [3.8, 4) is 0 Å². The van der Waals surface area contributed by atoms with Crippen LogP contribution in [0, 0.1) is 21.8 Å². The van der Waals surface area contributed by atoms with E-state index in [9.17, 15) is 27.7 Å². The van der Waals surface area contributed by atoms with Gasteiger partial charge in [-0.3, -0.25) is 14.9 Å². The fourth-order valence-corrected chi connectivity index (χ4v) is 4.67. The van der Waals surface area contributed by atoms with E-state index in [1.54, 1.807) is 6.92 Å². The van der Waals surface area contributed by atoms with Gasteiger partial charge >= 0.3 is 5.97 Å². The minimum atomic E-state index is -4.27. The number of benzene rings is 1. The number of carbonyl (C=O) groups excluding carboxylic acids is 1. The van der Waals surface area contributed by atoms with Crippen LogP contribution in [0.4, 0.5) is 10.1 Å². The number of hydrogen-bond donors (Lipinski definition) is 1. The van der Waals surface area contributed by atoms with E-state index in [1.807, 2.05) is 0 Å². The number of hydrogen-bond acceptors (Lipinski definition) is 6. The number of carbonyl (C=O) groups is 1. The van der Waals surface area contributed by atoms with E-state index in [0.717, 1.165) is 12.5 Å². The van der Waals surface area contributed by atoms with Crippen molar-refractivity contribution in [3.63, 3.8) is 0 Å². The third kappa shape index (κ3) is 4.13. The first kappa shape index (κ1) is 19.3. The SMILES string of the molecule is COC(=O)[C@@H]1CCCC[C@@]1(C)NS(=O)(=O)c1cc(F)cc([N+](=O)[O-])c1. The van der Waals surface area contributed by atoms with Crippen molar-refractivity contribution in [2.24, 2.45) is 5.92 Å². The van der Waals surface area contributed by atoms with Gasteiger partial charge in [-0.25, -0.2) is 17.5 Å². The Morgan fingerprint density at radius 3 is 2.68 bits per heavy atom. The molecule has 1 aromatic rings. The van der Waals surface area contributed by atoms with Crippen LogP contribution in [-0.4, -0.2) is 32.0 Å². The fourth-order valence-electron chi connectivity index (χ4n) is 3.15. The number of sulfonamides is 1. The number of ether oxygens (including phenoxy) is 1. The topological polar surface area (TPSA) is 116 Å². The zero-order valence-electron chi connectivity index (χ0n) is 13.8. The Hall–Kier alpha value is -2.07. The zero-order chi connectivity index (χ0) is 18.8. The van der Waals surface area contributed by atoms with Crippen LogP contribution in [0.25, 0.3) is 0 Å². The summed E-state index contributed by atoms with van der Waals surface area (Å²) in [5, 5.41) is 10.8. The molecule has 1 aromatic carbocycles. The molecular weight excluding hydrogens is 355 g/mol. The van der Waals surface area contributed by atoms with Crippen LogP contribution < -0.4 is 4.72 Å². The molecule has 0 spiro atoms. The number of methoxy groups -OCH3 is 1. The molecule has 1 saturated carbocycles. The average Bonchev–Trinajstić information content (AvgIpc) is 2.53. The minimum Gasteiger partial charge on any atom is -0.469 e. The van der Waals surface area contributed by atoms with Crippen molar-refractivity contribution >= 4 is 21.7 Å². The lowest BCUT2D eigenvalue weighted by molar-refractivity contribution is -0.385. The number of halogens is 1. The summed E-state index contributed by atoms with van der Waals surface area (Å²) in [7, 11) is -3.05. The van der Waals surface area contributed by atoms with Crippen molar-refractivity contribution in [2.45, 2.75) is 43.0 Å². The number of nitrogens with one attached hydrogen (secondary N) is 1. The van der Waals surface area contributed by atoms with Crippen molar-refractivity contribution in [1.82, 2.24) is 4.72 Å². The number of rotatable bonds is 5. The van der Waals surface area contributed by atoms with Crippen molar-refractivity contribution in [3.05, 3.63) is 34.1 Å². The van der Waals surface area contributed by atoms with E-state index in [2.05, 4.69) is 4.72 Å². The number of non-ortho nitro benzene ring substituents is 1. The monoisotopic (exact) mass is 374 g/mol. The highest BCUT2D eigenvalue weighted by Crippen LogP contribution is 2.36. The summed E-state index contributed by atoms with van der Waals surface area (Å²) >= 11 is 0. The Labute approximate surface area is 144 Å². The summed E-state index contributed by atoms with van der Waals surface area (Å²) in [6.07, 6.45) is 2.30. The molecular formula is C15H19FN2O6S. The molecule has 0 saturated heterocycles. The first-order valence-electron chi connectivity index (χ1n) is 7.66. The molecule has 138 valence electrons. The molecule has 0 heterocycles. The van der Waals surface area contributed by atoms with E-state index in [4.69, 9.17) is 4.74 Å². The number of nitro benzene ring substituents is 1. The minimum absolute atomic E-state index is 0.392. The van der Waals surface area contributed by atoms with Crippen LogP contribution in [0.5, 0.6) is 0 Å². The largest absolute Gasteiger partial charge is 0.469 e. The lowest BCUT2D eigenvalue weighted by atomic mass is 9.74. The lowest BCUT2D eigenvalue weighted by Gasteiger charge is -2.40. The van der Waals surface area contributed by atoms with Gasteiger partial charge < -0.3 is 4.74 Å². The van der Waals surface area contributed by atoms with Gasteiger partial charge in [-0.05, 0) is 25.8 Å². The third-order valence-corrected chi connectivity index (χ3v) is 6.03. The predicted molar refractivity (Wildman–Crippen MR) is 85.8 cm³/mol. The average molecular weight is 374 g/mol. The normalized spacial score (nSPS) is 23.9. The smallest absolute Gasteiger partial charge is 0.310 e. The van der Waals surface area contributed by atoms with Crippen molar-refractivity contribution in [1.29, 1.82) is 0 Å². The lowest BCUT2D eigenvalue weighted by Crippen LogP contribution is -2.55. The Morgan fingerprint density at radius 2 is 2.08 bits per heavy atom. The molecule has 0 radical (unpaired) electrons. The summed E-state index contributed by atoms with van der Waals surface area (Å²) in [6, 6.07) is 2.12. The second-order valence-electron chi connectivity index (χ2n) is 6.25. The molecule has 2 rings (SSSR count). The van der Waals surface area contributed by atoms with Gasteiger partial charge in [0.25, 0.3) is 5.69 Å². The van der Waals surface area contributed by atoms with Gasteiger partial charge in [0.1, 0.15) is 5.82 Å². The van der Waals surface area contributed by atoms with Crippen molar-refractivity contribution < 1.29 is 27.3 Å². The summed E-state index contributed by atoms with van der Waals surface area (Å²) in [5.74, 6) is -2.26. The molecule has 2 atom stereocenters. The molecule has 8 nitrogen and oxygen atoms in total. The van der Waals surface area contributed by atoms with Gasteiger partial charge in [0.15, 0.2) is 0 Å². The maximum atomic E-state index is 13.6. The van der Waals surface area contributed by atoms with E-state index < -0.39 is 48.8 Å². The number of esters is 1. The quantitative estimate of drug-likeness (QED) is 0.479. The maximum Gasteiger partial charge on any atom is 0.310 e. The Bertz CT molecular complexity index is 797. The molecule has 1 aliphatic carbocycles. The Morgan fingerprint density at radius 1 is 1.40 bits per heavy atom. The number of nitro groups is 1. The van der Waals surface area contributed by atoms with E-state index in [1.165, 1.54) is 7.11 Å².